The Morgan fingerprint density at radius 1 is 0.906 bits per heavy atom. The summed E-state index contributed by atoms with van der Waals surface area (Å²) in [7, 11) is 0. The highest BCUT2D eigenvalue weighted by atomic mass is 15.2. The summed E-state index contributed by atoms with van der Waals surface area (Å²) in [5.41, 5.74) is 3.51. The summed E-state index contributed by atoms with van der Waals surface area (Å²) < 4.78 is 2.02. The van der Waals surface area contributed by atoms with Crippen molar-refractivity contribution >= 4 is 11.6 Å². The van der Waals surface area contributed by atoms with Crippen LogP contribution in [0.1, 0.15) is 29.8 Å². The number of rotatable bonds is 9. The molecule has 0 saturated heterocycles. The summed E-state index contributed by atoms with van der Waals surface area (Å²) >= 11 is 0. The molecule has 0 radical (unpaired) electrons. The Balaban J connectivity index is 1.42. The monoisotopic (exact) mass is 426 g/mol. The molecule has 0 aliphatic carbocycles. The maximum atomic E-state index is 4.92. The van der Waals surface area contributed by atoms with Gasteiger partial charge in [-0.15, -0.1) is 10.2 Å². The summed E-state index contributed by atoms with van der Waals surface area (Å²) in [5.74, 6) is 2.08. The van der Waals surface area contributed by atoms with Crippen molar-refractivity contribution in [2.75, 3.05) is 19.6 Å². The van der Waals surface area contributed by atoms with Crippen molar-refractivity contribution in [3.05, 3.63) is 102 Å². The minimum absolute atomic E-state index is 0.314. The molecular weight excluding hydrogens is 396 g/mol. The molecule has 0 aliphatic heterocycles. The van der Waals surface area contributed by atoms with Crippen LogP contribution in [0.4, 0.5) is 0 Å². The number of hydrogen-bond donors (Lipinski definition) is 2. The van der Waals surface area contributed by atoms with E-state index in [-0.39, 0.29) is 0 Å². The van der Waals surface area contributed by atoms with E-state index in [1.807, 2.05) is 28.8 Å². The molecule has 4 rings (SSSR count). The minimum atomic E-state index is 0.314. The third-order valence-corrected chi connectivity index (χ3v) is 5.44. The molecule has 2 heterocycles. The molecular formula is C26H30N6. The van der Waals surface area contributed by atoms with Crippen molar-refractivity contribution in [3.63, 3.8) is 0 Å². The Morgan fingerprint density at radius 3 is 2.44 bits per heavy atom. The molecule has 0 bridgehead atoms. The zero-order chi connectivity index (χ0) is 22.0. The van der Waals surface area contributed by atoms with E-state index in [9.17, 15) is 0 Å². The van der Waals surface area contributed by atoms with Gasteiger partial charge in [-0.2, -0.15) is 0 Å². The van der Waals surface area contributed by atoms with Crippen LogP contribution >= 0.6 is 0 Å². The number of fused-ring (bicyclic) bond motifs is 1. The molecule has 0 spiro atoms. The molecule has 6 heteroatoms. The predicted octanol–water partition coefficient (Wildman–Crippen LogP) is 3.85. The van der Waals surface area contributed by atoms with Gasteiger partial charge in [0, 0.05) is 38.2 Å². The Labute approximate surface area is 189 Å². The van der Waals surface area contributed by atoms with Crippen LogP contribution in [0.3, 0.4) is 0 Å². The third kappa shape index (κ3) is 5.72. The number of nitrogens with zero attached hydrogens (tertiary/aromatic N) is 4. The molecule has 6 nitrogen and oxygen atoms in total. The van der Waals surface area contributed by atoms with E-state index in [0.29, 0.717) is 12.5 Å². The van der Waals surface area contributed by atoms with E-state index in [4.69, 9.17) is 4.99 Å². The quantitative estimate of drug-likeness (QED) is 0.315. The summed E-state index contributed by atoms with van der Waals surface area (Å²) in [6.45, 7) is 4.34. The molecule has 2 aromatic carbocycles. The van der Waals surface area contributed by atoms with E-state index >= 15 is 0 Å². The van der Waals surface area contributed by atoms with Gasteiger partial charge in [-0.3, -0.25) is 9.39 Å². The number of nitrogens with one attached hydrogen (secondary N) is 2. The molecule has 0 fully saturated rings. The van der Waals surface area contributed by atoms with Gasteiger partial charge in [0.1, 0.15) is 5.82 Å². The van der Waals surface area contributed by atoms with Crippen molar-refractivity contribution in [2.24, 2.45) is 4.99 Å². The van der Waals surface area contributed by atoms with Crippen molar-refractivity contribution in [3.8, 4) is 0 Å². The molecule has 2 N–H and O–H groups in total. The van der Waals surface area contributed by atoms with Crippen LogP contribution in [0.25, 0.3) is 5.65 Å². The molecule has 164 valence electrons. The maximum Gasteiger partial charge on any atom is 0.191 e. The van der Waals surface area contributed by atoms with Gasteiger partial charge in [-0.1, -0.05) is 66.7 Å². The highest BCUT2D eigenvalue weighted by Gasteiger charge is 2.13. The number of aromatic nitrogens is 3. The largest absolute Gasteiger partial charge is 0.357 e. The number of benzene rings is 2. The number of hydrogen-bond acceptors (Lipinski definition) is 3. The fourth-order valence-corrected chi connectivity index (χ4v) is 3.81. The second-order valence-corrected chi connectivity index (χ2v) is 7.74. The van der Waals surface area contributed by atoms with Gasteiger partial charge in [0.05, 0.1) is 0 Å². The van der Waals surface area contributed by atoms with E-state index in [2.05, 4.69) is 88.4 Å². The van der Waals surface area contributed by atoms with Crippen LogP contribution in [0.5, 0.6) is 0 Å². The Bertz CT molecular complexity index is 1120. The van der Waals surface area contributed by atoms with Crippen LogP contribution < -0.4 is 10.6 Å². The average molecular weight is 427 g/mol. The molecule has 2 aromatic heterocycles. The van der Waals surface area contributed by atoms with Crippen LogP contribution in [-0.2, 0) is 12.8 Å². The lowest BCUT2D eigenvalue weighted by Crippen LogP contribution is -2.38. The third-order valence-electron chi connectivity index (χ3n) is 5.44. The molecule has 32 heavy (non-hydrogen) atoms. The van der Waals surface area contributed by atoms with Gasteiger partial charge in [0.15, 0.2) is 11.6 Å². The van der Waals surface area contributed by atoms with Gasteiger partial charge < -0.3 is 10.6 Å². The van der Waals surface area contributed by atoms with Gasteiger partial charge >= 0.3 is 0 Å². The van der Waals surface area contributed by atoms with Gasteiger partial charge in [0.25, 0.3) is 0 Å². The molecule has 0 saturated carbocycles. The Kier molecular flexibility index (Phi) is 7.47. The first-order chi connectivity index (χ1) is 15.8. The van der Waals surface area contributed by atoms with Crippen molar-refractivity contribution < 1.29 is 0 Å². The fraction of sp³-hybridized carbons (Fsp3) is 0.269. The van der Waals surface area contributed by atoms with E-state index in [1.54, 1.807) is 0 Å². The second kappa shape index (κ2) is 11.1. The van der Waals surface area contributed by atoms with Crippen LogP contribution in [0, 0.1) is 0 Å². The SMILES string of the molecule is CCNC(=NCC(Cc1ccccc1)c1ccccc1)NCCc1nnc2ccccn12. The van der Waals surface area contributed by atoms with Crippen LogP contribution in [0.15, 0.2) is 90.1 Å². The highest BCUT2D eigenvalue weighted by molar-refractivity contribution is 5.79. The second-order valence-electron chi connectivity index (χ2n) is 7.74. The number of guanidine groups is 1. The summed E-state index contributed by atoms with van der Waals surface area (Å²) in [5, 5.41) is 15.4. The van der Waals surface area contributed by atoms with Crippen molar-refractivity contribution in [1.82, 2.24) is 25.2 Å². The molecule has 0 amide bonds. The lowest BCUT2D eigenvalue weighted by atomic mass is 9.92. The Hall–Kier alpha value is -3.67. The van der Waals surface area contributed by atoms with Crippen LogP contribution in [0.2, 0.25) is 0 Å². The molecule has 4 aromatic rings. The number of pyridine rings is 1. The molecule has 1 atom stereocenters. The Morgan fingerprint density at radius 2 is 1.66 bits per heavy atom. The fourth-order valence-electron chi connectivity index (χ4n) is 3.81. The topological polar surface area (TPSA) is 66.6 Å². The van der Waals surface area contributed by atoms with E-state index < -0.39 is 0 Å². The lowest BCUT2D eigenvalue weighted by Gasteiger charge is -2.17. The highest BCUT2D eigenvalue weighted by Crippen LogP contribution is 2.21. The van der Waals surface area contributed by atoms with Crippen molar-refractivity contribution in [2.45, 2.75) is 25.7 Å². The van der Waals surface area contributed by atoms with Gasteiger partial charge in [0.2, 0.25) is 0 Å². The summed E-state index contributed by atoms with van der Waals surface area (Å²) in [4.78, 5) is 4.92. The van der Waals surface area contributed by atoms with Crippen LogP contribution in [-0.4, -0.2) is 40.2 Å². The number of aliphatic imine (C=N–C) groups is 1. The summed E-state index contributed by atoms with van der Waals surface area (Å²) in [6, 6.07) is 27.2. The van der Waals surface area contributed by atoms with Gasteiger partial charge in [-0.05, 0) is 36.6 Å². The first-order valence-corrected chi connectivity index (χ1v) is 11.2. The van der Waals surface area contributed by atoms with Gasteiger partial charge in [-0.25, -0.2) is 0 Å². The van der Waals surface area contributed by atoms with E-state index in [1.165, 1.54) is 11.1 Å². The zero-order valence-corrected chi connectivity index (χ0v) is 18.5. The normalized spacial score (nSPS) is 12.6. The summed E-state index contributed by atoms with van der Waals surface area (Å²) in [6.07, 6.45) is 3.72. The average Bonchev–Trinajstić information content (AvgIpc) is 3.26. The van der Waals surface area contributed by atoms with Crippen molar-refractivity contribution in [1.29, 1.82) is 0 Å². The lowest BCUT2D eigenvalue weighted by molar-refractivity contribution is 0.683. The minimum Gasteiger partial charge on any atom is -0.357 e. The standard InChI is InChI=1S/C26H30N6/c1-2-27-26(28-17-16-25-31-30-24-15-9-10-18-32(24)25)29-20-23(22-13-7-4-8-14-22)19-21-11-5-3-6-12-21/h3-15,18,23H,2,16-17,19-20H2,1H3,(H2,27,28,29). The first-order valence-electron chi connectivity index (χ1n) is 11.2. The zero-order valence-electron chi connectivity index (χ0n) is 18.5. The predicted molar refractivity (Wildman–Crippen MR) is 130 cm³/mol. The molecule has 0 aliphatic rings. The maximum absolute atomic E-state index is 4.92. The molecule has 1 unspecified atom stereocenters. The smallest absolute Gasteiger partial charge is 0.191 e. The van der Waals surface area contributed by atoms with E-state index in [0.717, 1.165) is 43.4 Å². The first kappa shape index (κ1) is 21.6.